The molecule has 0 bridgehead atoms. The van der Waals surface area contributed by atoms with Crippen molar-refractivity contribution in [1.82, 2.24) is 0 Å². The van der Waals surface area contributed by atoms with Crippen molar-refractivity contribution in [2.24, 2.45) is 0 Å². The van der Waals surface area contributed by atoms with Gasteiger partial charge in [0.15, 0.2) is 0 Å². The van der Waals surface area contributed by atoms with Crippen LogP contribution in [0.2, 0.25) is 5.02 Å². The van der Waals surface area contributed by atoms with E-state index in [1.807, 2.05) is 18.2 Å². The molecule has 0 unspecified atom stereocenters. The van der Waals surface area contributed by atoms with E-state index in [9.17, 15) is 9.90 Å². The third kappa shape index (κ3) is 2.55. The number of anilines is 1. The van der Waals surface area contributed by atoms with Crippen LogP contribution in [-0.4, -0.2) is 16.6 Å². The first-order chi connectivity index (χ1) is 8.14. The van der Waals surface area contributed by atoms with Crippen LogP contribution in [0.3, 0.4) is 0 Å². The van der Waals surface area contributed by atoms with E-state index in [0.717, 1.165) is 19.3 Å². The highest BCUT2D eigenvalue weighted by Gasteiger charge is 2.39. The molecule has 0 radical (unpaired) electrons. The van der Waals surface area contributed by atoms with E-state index >= 15 is 0 Å². The Labute approximate surface area is 106 Å². The minimum atomic E-state index is -0.844. The number of benzene rings is 1. The van der Waals surface area contributed by atoms with E-state index in [4.69, 9.17) is 11.6 Å². The molecule has 1 fully saturated rings. The molecule has 1 aromatic rings. The predicted molar refractivity (Wildman–Crippen MR) is 68.5 cm³/mol. The van der Waals surface area contributed by atoms with Crippen molar-refractivity contribution in [1.29, 1.82) is 0 Å². The number of nitrogens with one attached hydrogen (secondary N) is 1. The fourth-order valence-corrected chi connectivity index (χ4v) is 2.55. The van der Waals surface area contributed by atoms with Gasteiger partial charge in [0.05, 0.1) is 10.7 Å². The number of hydrogen-bond donors (Lipinski definition) is 2. The Morgan fingerprint density at radius 1 is 1.24 bits per heavy atom. The minimum absolute atomic E-state index is 0.568. The molecule has 0 heterocycles. The molecular weight excluding hydrogens is 238 g/mol. The number of hydrogen-bond acceptors (Lipinski definition) is 2. The summed E-state index contributed by atoms with van der Waals surface area (Å²) in [5.41, 5.74) is -0.137. The van der Waals surface area contributed by atoms with Crippen LogP contribution in [-0.2, 0) is 4.79 Å². The SMILES string of the molecule is O=C(O)C1(Nc2ccccc2Cl)CCCCC1. The molecular formula is C13H16ClNO2. The summed E-state index contributed by atoms with van der Waals surface area (Å²) in [5, 5.41) is 13.1. The molecule has 0 aromatic heterocycles. The van der Waals surface area contributed by atoms with Crippen LogP contribution in [0.4, 0.5) is 5.69 Å². The Bertz CT molecular complexity index is 414. The average Bonchev–Trinajstić information content (AvgIpc) is 2.33. The standard InChI is InChI=1S/C13H16ClNO2/c14-10-6-2-3-7-11(10)15-13(12(16)17)8-4-1-5-9-13/h2-3,6-7,15H,1,4-5,8-9H2,(H,16,17). The van der Waals surface area contributed by atoms with Crippen molar-refractivity contribution in [3.8, 4) is 0 Å². The van der Waals surface area contributed by atoms with Crippen LogP contribution in [0.25, 0.3) is 0 Å². The van der Waals surface area contributed by atoms with Crippen LogP contribution in [0, 0.1) is 0 Å². The molecule has 1 aromatic carbocycles. The summed E-state index contributed by atoms with van der Waals surface area (Å²) < 4.78 is 0. The van der Waals surface area contributed by atoms with Crippen molar-refractivity contribution in [2.75, 3.05) is 5.32 Å². The van der Waals surface area contributed by atoms with Crippen LogP contribution in [0.15, 0.2) is 24.3 Å². The molecule has 0 saturated heterocycles. The monoisotopic (exact) mass is 253 g/mol. The van der Waals surface area contributed by atoms with Crippen molar-refractivity contribution in [2.45, 2.75) is 37.6 Å². The smallest absolute Gasteiger partial charge is 0.329 e. The van der Waals surface area contributed by atoms with E-state index in [0.29, 0.717) is 23.6 Å². The number of para-hydroxylation sites is 1. The van der Waals surface area contributed by atoms with Gasteiger partial charge in [0.25, 0.3) is 0 Å². The number of halogens is 1. The lowest BCUT2D eigenvalue weighted by Gasteiger charge is -2.35. The number of aliphatic carboxylic acids is 1. The van der Waals surface area contributed by atoms with Crippen LogP contribution < -0.4 is 5.32 Å². The van der Waals surface area contributed by atoms with E-state index in [-0.39, 0.29) is 0 Å². The number of rotatable bonds is 3. The summed E-state index contributed by atoms with van der Waals surface area (Å²) in [6, 6.07) is 7.28. The first-order valence-electron chi connectivity index (χ1n) is 5.90. The highest BCUT2D eigenvalue weighted by Crippen LogP contribution is 2.34. The van der Waals surface area contributed by atoms with Gasteiger partial charge in [-0.15, -0.1) is 0 Å². The van der Waals surface area contributed by atoms with Crippen molar-refractivity contribution >= 4 is 23.3 Å². The lowest BCUT2D eigenvalue weighted by Crippen LogP contribution is -2.47. The van der Waals surface area contributed by atoms with E-state index in [1.165, 1.54) is 0 Å². The second-order valence-corrected chi connectivity index (χ2v) is 4.96. The first kappa shape index (κ1) is 12.2. The van der Waals surface area contributed by atoms with Gasteiger partial charge in [-0.3, -0.25) is 0 Å². The van der Waals surface area contributed by atoms with Gasteiger partial charge in [-0.25, -0.2) is 4.79 Å². The Kier molecular flexibility index (Phi) is 3.57. The Balaban J connectivity index is 2.24. The summed E-state index contributed by atoms with van der Waals surface area (Å²) in [7, 11) is 0. The molecule has 2 N–H and O–H groups in total. The summed E-state index contributed by atoms with van der Waals surface area (Å²) >= 11 is 6.05. The first-order valence-corrected chi connectivity index (χ1v) is 6.28. The fourth-order valence-electron chi connectivity index (χ4n) is 2.37. The van der Waals surface area contributed by atoms with Crippen LogP contribution in [0.5, 0.6) is 0 Å². The fraction of sp³-hybridized carbons (Fsp3) is 0.462. The Hall–Kier alpha value is -1.22. The van der Waals surface area contributed by atoms with E-state index in [2.05, 4.69) is 5.32 Å². The lowest BCUT2D eigenvalue weighted by molar-refractivity contribution is -0.143. The van der Waals surface area contributed by atoms with Gasteiger partial charge in [0.1, 0.15) is 5.54 Å². The zero-order chi connectivity index (χ0) is 12.3. The molecule has 3 nitrogen and oxygen atoms in total. The number of carboxylic acid groups (broad SMARTS) is 1. The maximum absolute atomic E-state index is 11.5. The molecule has 1 aliphatic carbocycles. The van der Waals surface area contributed by atoms with E-state index in [1.54, 1.807) is 6.07 Å². The largest absolute Gasteiger partial charge is 0.480 e. The van der Waals surface area contributed by atoms with E-state index < -0.39 is 11.5 Å². The summed E-state index contributed by atoms with van der Waals surface area (Å²) in [5.74, 6) is -0.780. The highest BCUT2D eigenvalue weighted by molar-refractivity contribution is 6.33. The molecule has 0 spiro atoms. The van der Waals surface area contributed by atoms with Crippen molar-refractivity contribution in [3.63, 3.8) is 0 Å². The molecule has 0 aliphatic heterocycles. The quantitative estimate of drug-likeness (QED) is 0.866. The van der Waals surface area contributed by atoms with Crippen LogP contribution in [0.1, 0.15) is 32.1 Å². The normalized spacial score (nSPS) is 18.6. The molecule has 17 heavy (non-hydrogen) atoms. The molecule has 0 amide bonds. The average molecular weight is 254 g/mol. The summed E-state index contributed by atoms with van der Waals surface area (Å²) in [6.07, 6.45) is 4.33. The highest BCUT2D eigenvalue weighted by atomic mass is 35.5. The zero-order valence-corrected chi connectivity index (χ0v) is 10.3. The maximum Gasteiger partial charge on any atom is 0.329 e. The Morgan fingerprint density at radius 3 is 2.47 bits per heavy atom. The number of carbonyl (C=O) groups is 1. The van der Waals surface area contributed by atoms with Gasteiger partial charge >= 0.3 is 5.97 Å². The zero-order valence-electron chi connectivity index (χ0n) is 9.58. The molecule has 2 rings (SSSR count). The molecule has 92 valence electrons. The number of carboxylic acids is 1. The molecule has 4 heteroatoms. The van der Waals surface area contributed by atoms with Gasteiger partial charge in [-0.05, 0) is 25.0 Å². The van der Waals surface area contributed by atoms with Gasteiger partial charge in [-0.1, -0.05) is 43.0 Å². The molecule has 1 saturated carbocycles. The van der Waals surface area contributed by atoms with Gasteiger partial charge in [0.2, 0.25) is 0 Å². The van der Waals surface area contributed by atoms with Crippen molar-refractivity contribution < 1.29 is 9.90 Å². The lowest BCUT2D eigenvalue weighted by atomic mass is 9.81. The molecule has 0 atom stereocenters. The van der Waals surface area contributed by atoms with Gasteiger partial charge in [0, 0.05) is 0 Å². The van der Waals surface area contributed by atoms with Gasteiger partial charge < -0.3 is 10.4 Å². The Morgan fingerprint density at radius 2 is 1.88 bits per heavy atom. The third-order valence-electron chi connectivity index (χ3n) is 3.36. The van der Waals surface area contributed by atoms with Crippen LogP contribution >= 0.6 is 11.6 Å². The maximum atomic E-state index is 11.5. The second kappa shape index (κ2) is 4.96. The summed E-state index contributed by atoms with van der Waals surface area (Å²) in [4.78, 5) is 11.5. The summed E-state index contributed by atoms with van der Waals surface area (Å²) in [6.45, 7) is 0. The third-order valence-corrected chi connectivity index (χ3v) is 3.69. The topological polar surface area (TPSA) is 49.3 Å². The minimum Gasteiger partial charge on any atom is -0.480 e. The molecule has 1 aliphatic rings. The second-order valence-electron chi connectivity index (χ2n) is 4.55. The predicted octanol–water partition coefficient (Wildman–Crippen LogP) is 3.54. The van der Waals surface area contributed by atoms with Crippen molar-refractivity contribution in [3.05, 3.63) is 29.3 Å². The van der Waals surface area contributed by atoms with Gasteiger partial charge in [-0.2, -0.15) is 0 Å².